The first-order valence-electron chi connectivity index (χ1n) is 5.12. The van der Waals surface area contributed by atoms with Gasteiger partial charge in [0, 0.05) is 10.9 Å². The maximum Gasteiger partial charge on any atom is 0.165 e. The van der Waals surface area contributed by atoms with Gasteiger partial charge in [0.25, 0.3) is 0 Å². The third-order valence-electron chi connectivity index (χ3n) is 3.18. The molecule has 1 aliphatic heterocycles. The minimum Gasteiger partial charge on any atom is -0.0531 e. The highest BCUT2D eigenvalue weighted by Gasteiger charge is 2.59. The van der Waals surface area contributed by atoms with Crippen LogP contribution in [0, 0.1) is 0 Å². The molecule has 11 heavy (non-hydrogen) atoms. The molecular formula is C10H19S+. The van der Waals surface area contributed by atoms with Crippen molar-refractivity contribution in [2.75, 3.05) is 5.75 Å². The summed E-state index contributed by atoms with van der Waals surface area (Å²) < 4.78 is 0. The highest BCUT2D eigenvalue weighted by Crippen LogP contribution is 2.43. The van der Waals surface area contributed by atoms with Crippen LogP contribution in [0.3, 0.4) is 0 Å². The number of hydrogen-bond acceptors (Lipinski definition) is 0. The Hall–Kier alpha value is 0.350. The van der Waals surface area contributed by atoms with E-state index in [2.05, 4.69) is 6.92 Å². The summed E-state index contributed by atoms with van der Waals surface area (Å²) in [6.45, 7) is 2.38. The van der Waals surface area contributed by atoms with Gasteiger partial charge in [-0.2, -0.15) is 0 Å². The molecule has 1 saturated carbocycles. The summed E-state index contributed by atoms with van der Waals surface area (Å²) in [6.07, 6.45) is 9.24. The first kappa shape index (κ1) is 7.97. The molecule has 0 nitrogen and oxygen atoms in total. The first-order valence-corrected chi connectivity index (χ1v) is 6.64. The summed E-state index contributed by atoms with van der Waals surface area (Å²) >= 11 is 0. The minimum atomic E-state index is 0.892. The Morgan fingerprint density at radius 2 is 1.55 bits per heavy atom. The molecule has 0 amide bonds. The van der Waals surface area contributed by atoms with Crippen LogP contribution in [0.15, 0.2) is 0 Å². The van der Waals surface area contributed by atoms with Gasteiger partial charge < -0.3 is 0 Å². The Kier molecular flexibility index (Phi) is 2.45. The standard InChI is InChI=1S/C10H19S/c1-2-11-9-7-5-3-4-6-8-10(9)11/h9-10H,2-8H2,1H3/q+1. The fourth-order valence-electron chi connectivity index (χ4n) is 2.50. The van der Waals surface area contributed by atoms with Crippen LogP contribution in [0.1, 0.15) is 45.4 Å². The highest BCUT2D eigenvalue weighted by atomic mass is 32.2. The summed E-state index contributed by atoms with van der Waals surface area (Å²) in [6, 6.07) is 0. The molecule has 0 radical (unpaired) electrons. The molecule has 0 N–H and O–H groups in total. The largest absolute Gasteiger partial charge is 0.165 e. The molecule has 1 heteroatoms. The fraction of sp³-hybridized carbons (Fsp3) is 1.00. The molecule has 1 aliphatic carbocycles. The molecule has 2 unspecified atom stereocenters. The van der Waals surface area contributed by atoms with E-state index in [1.54, 1.807) is 12.8 Å². The van der Waals surface area contributed by atoms with Gasteiger partial charge in [-0.1, -0.05) is 12.8 Å². The number of hydrogen-bond donors (Lipinski definition) is 0. The van der Waals surface area contributed by atoms with E-state index in [-0.39, 0.29) is 0 Å². The van der Waals surface area contributed by atoms with Gasteiger partial charge >= 0.3 is 0 Å². The van der Waals surface area contributed by atoms with Crippen molar-refractivity contribution in [1.82, 2.24) is 0 Å². The second-order valence-electron chi connectivity index (χ2n) is 3.83. The van der Waals surface area contributed by atoms with E-state index < -0.39 is 0 Å². The van der Waals surface area contributed by atoms with Crippen molar-refractivity contribution in [1.29, 1.82) is 0 Å². The topological polar surface area (TPSA) is 0 Å². The normalized spacial score (nSPS) is 43.9. The van der Waals surface area contributed by atoms with Gasteiger partial charge in [-0.3, -0.25) is 0 Å². The van der Waals surface area contributed by atoms with E-state index in [0.29, 0.717) is 0 Å². The lowest BCUT2D eigenvalue weighted by molar-refractivity contribution is 0.551. The van der Waals surface area contributed by atoms with Crippen molar-refractivity contribution < 1.29 is 0 Å². The zero-order chi connectivity index (χ0) is 7.68. The van der Waals surface area contributed by atoms with Gasteiger partial charge in [0.1, 0.15) is 5.75 Å². The number of rotatable bonds is 1. The molecule has 2 rings (SSSR count). The Labute approximate surface area is 73.1 Å². The van der Waals surface area contributed by atoms with Crippen LogP contribution in [0.5, 0.6) is 0 Å². The van der Waals surface area contributed by atoms with Crippen molar-refractivity contribution in [3.8, 4) is 0 Å². The third-order valence-corrected chi connectivity index (χ3v) is 6.21. The van der Waals surface area contributed by atoms with Crippen LogP contribution in [0.4, 0.5) is 0 Å². The van der Waals surface area contributed by atoms with Crippen molar-refractivity contribution >= 4 is 10.9 Å². The molecule has 0 spiro atoms. The summed E-state index contributed by atoms with van der Waals surface area (Å²) in [4.78, 5) is 0. The molecule has 0 bridgehead atoms. The molecule has 64 valence electrons. The molecule has 2 atom stereocenters. The van der Waals surface area contributed by atoms with Crippen molar-refractivity contribution in [2.45, 2.75) is 55.9 Å². The molecule has 0 aromatic rings. The summed E-state index contributed by atoms with van der Waals surface area (Å²) in [5.74, 6) is 1.48. The maximum absolute atomic E-state index is 2.38. The molecule has 2 aliphatic rings. The van der Waals surface area contributed by atoms with Crippen LogP contribution in [0.2, 0.25) is 0 Å². The molecule has 2 fully saturated rings. The Bertz CT molecular complexity index is 119. The molecule has 0 aromatic heterocycles. The van der Waals surface area contributed by atoms with Gasteiger partial charge in [-0.25, -0.2) is 0 Å². The smallest absolute Gasteiger partial charge is 0.0531 e. The summed E-state index contributed by atoms with van der Waals surface area (Å²) in [5.41, 5.74) is 0. The lowest BCUT2D eigenvalue weighted by Gasteiger charge is -1.99. The molecule has 1 saturated heterocycles. The van der Waals surface area contributed by atoms with E-state index in [1.807, 2.05) is 0 Å². The second-order valence-corrected chi connectivity index (χ2v) is 6.55. The Balaban J connectivity index is 1.85. The van der Waals surface area contributed by atoms with E-state index in [0.717, 1.165) is 10.9 Å². The maximum atomic E-state index is 2.38. The zero-order valence-electron chi connectivity index (χ0n) is 7.51. The van der Waals surface area contributed by atoms with Gasteiger partial charge in [-0.15, -0.1) is 0 Å². The van der Waals surface area contributed by atoms with E-state index in [1.165, 1.54) is 41.9 Å². The lowest BCUT2D eigenvalue weighted by atomic mass is 10.0. The second kappa shape index (κ2) is 3.38. The Morgan fingerprint density at radius 3 is 2.00 bits per heavy atom. The van der Waals surface area contributed by atoms with Crippen LogP contribution >= 0.6 is 0 Å². The highest BCUT2D eigenvalue weighted by molar-refractivity contribution is 8.05. The lowest BCUT2D eigenvalue weighted by Crippen LogP contribution is -1.97. The van der Waals surface area contributed by atoms with Crippen LogP contribution < -0.4 is 0 Å². The van der Waals surface area contributed by atoms with E-state index in [9.17, 15) is 0 Å². The van der Waals surface area contributed by atoms with Crippen LogP contribution in [-0.4, -0.2) is 16.3 Å². The van der Waals surface area contributed by atoms with Gasteiger partial charge in [0.2, 0.25) is 0 Å². The average Bonchev–Trinajstić information content (AvgIpc) is 2.60. The van der Waals surface area contributed by atoms with Gasteiger partial charge in [0.05, 0.1) is 0 Å². The molecule has 1 heterocycles. The monoisotopic (exact) mass is 171 g/mol. The van der Waals surface area contributed by atoms with Crippen molar-refractivity contribution in [3.05, 3.63) is 0 Å². The van der Waals surface area contributed by atoms with E-state index >= 15 is 0 Å². The SMILES string of the molecule is CC[S+]1C2CCCCCCC21. The number of fused-ring (bicyclic) bond motifs is 1. The predicted octanol–water partition coefficient (Wildman–Crippen LogP) is 2.73. The predicted molar refractivity (Wildman–Crippen MR) is 53.2 cm³/mol. The van der Waals surface area contributed by atoms with Gasteiger partial charge in [-0.05, 0) is 32.6 Å². The summed E-state index contributed by atoms with van der Waals surface area (Å²) in [7, 11) is 0.892. The average molecular weight is 171 g/mol. The van der Waals surface area contributed by atoms with Crippen molar-refractivity contribution in [3.63, 3.8) is 0 Å². The molecule has 0 aromatic carbocycles. The van der Waals surface area contributed by atoms with Crippen LogP contribution in [0.25, 0.3) is 0 Å². The quantitative estimate of drug-likeness (QED) is 0.420. The first-order chi connectivity index (χ1) is 5.43. The minimum absolute atomic E-state index is 0.892. The van der Waals surface area contributed by atoms with Gasteiger partial charge in [0.15, 0.2) is 10.5 Å². The third kappa shape index (κ3) is 1.58. The Morgan fingerprint density at radius 1 is 1.00 bits per heavy atom. The fourth-order valence-corrected chi connectivity index (χ4v) is 5.51. The van der Waals surface area contributed by atoms with Crippen molar-refractivity contribution in [2.24, 2.45) is 0 Å². The molecular weight excluding hydrogens is 152 g/mol. The zero-order valence-corrected chi connectivity index (χ0v) is 8.33. The van der Waals surface area contributed by atoms with Crippen LogP contribution in [-0.2, 0) is 10.9 Å². The van der Waals surface area contributed by atoms with E-state index in [4.69, 9.17) is 0 Å². The summed E-state index contributed by atoms with van der Waals surface area (Å²) in [5, 5.41) is 2.39.